The predicted molar refractivity (Wildman–Crippen MR) is 71.4 cm³/mol. The second kappa shape index (κ2) is 7.51. The van der Waals surface area contributed by atoms with Crippen LogP contribution >= 0.6 is 0 Å². The number of hydrogen-bond donors (Lipinski definition) is 2. The molecule has 0 atom stereocenters. The lowest BCUT2D eigenvalue weighted by atomic mass is 10.1. The SMILES string of the molecule is CCCNC(=O)CCNC(=O)c1cccc(C)c1F. The number of aryl methyl sites for hydroxylation is 1. The second-order valence-electron chi connectivity index (χ2n) is 4.29. The van der Waals surface area contributed by atoms with E-state index < -0.39 is 11.7 Å². The van der Waals surface area contributed by atoms with Crippen molar-refractivity contribution >= 4 is 11.8 Å². The number of amides is 2. The lowest BCUT2D eigenvalue weighted by molar-refractivity contribution is -0.120. The van der Waals surface area contributed by atoms with E-state index >= 15 is 0 Å². The van der Waals surface area contributed by atoms with Crippen molar-refractivity contribution in [3.63, 3.8) is 0 Å². The average Bonchev–Trinajstić information content (AvgIpc) is 2.39. The molecule has 1 aromatic carbocycles. The summed E-state index contributed by atoms with van der Waals surface area (Å²) in [5.41, 5.74) is 0.433. The second-order valence-corrected chi connectivity index (χ2v) is 4.29. The molecule has 0 aliphatic rings. The highest BCUT2D eigenvalue weighted by molar-refractivity contribution is 5.94. The minimum atomic E-state index is -0.518. The van der Waals surface area contributed by atoms with Gasteiger partial charge in [-0.3, -0.25) is 9.59 Å². The van der Waals surface area contributed by atoms with E-state index in [2.05, 4.69) is 10.6 Å². The first-order valence-corrected chi connectivity index (χ1v) is 6.36. The molecule has 19 heavy (non-hydrogen) atoms. The molecule has 0 unspecified atom stereocenters. The van der Waals surface area contributed by atoms with Gasteiger partial charge in [0.2, 0.25) is 5.91 Å². The fourth-order valence-corrected chi connectivity index (χ4v) is 1.56. The molecule has 5 heteroatoms. The smallest absolute Gasteiger partial charge is 0.254 e. The number of benzene rings is 1. The number of halogens is 1. The van der Waals surface area contributed by atoms with E-state index in [0.717, 1.165) is 6.42 Å². The van der Waals surface area contributed by atoms with Crippen molar-refractivity contribution in [3.05, 3.63) is 35.1 Å². The maximum absolute atomic E-state index is 13.7. The number of nitrogens with one attached hydrogen (secondary N) is 2. The first-order chi connectivity index (χ1) is 9.06. The topological polar surface area (TPSA) is 58.2 Å². The minimum Gasteiger partial charge on any atom is -0.356 e. The highest BCUT2D eigenvalue weighted by atomic mass is 19.1. The van der Waals surface area contributed by atoms with Crippen molar-refractivity contribution in [3.8, 4) is 0 Å². The molecule has 0 spiro atoms. The molecule has 4 nitrogen and oxygen atoms in total. The van der Waals surface area contributed by atoms with Gasteiger partial charge < -0.3 is 10.6 Å². The minimum absolute atomic E-state index is 0.00830. The van der Waals surface area contributed by atoms with E-state index in [4.69, 9.17) is 0 Å². The summed E-state index contributed by atoms with van der Waals surface area (Å²) in [5, 5.41) is 5.24. The Morgan fingerprint density at radius 3 is 2.63 bits per heavy atom. The van der Waals surface area contributed by atoms with Crippen LogP contribution in [0.3, 0.4) is 0 Å². The molecule has 2 amide bonds. The third-order valence-electron chi connectivity index (χ3n) is 2.65. The molecule has 1 aromatic rings. The van der Waals surface area contributed by atoms with E-state index in [1.807, 2.05) is 6.92 Å². The Morgan fingerprint density at radius 2 is 1.95 bits per heavy atom. The summed E-state index contributed by atoms with van der Waals surface area (Å²) >= 11 is 0. The molecule has 0 aliphatic heterocycles. The quantitative estimate of drug-likeness (QED) is 0.824. The van der Waals surface area contributed by atoms with Crippen LogP contribution in [0.15, 0.2) is 18.2 Å². The lowest BCUT2D eigenvalue weighted by Crippen LogP contribution is -2.31. The largest absolute Gasteiger partial charge is 0.356 e. The maximum Gasteiger partial charge on any atom is 0.254 e. The van der Waals surface area contributed by atoms with Crippen molar-refractivity contribution in [2.45, 2.75) is 26.7 Å². The molecule has 0 fully saturated rings. The van der Waals surface area contributed by atoms with Gasteiger partial charge in [0.05, 0.1) is 5.56 Å². The summed E-state index contributed by atoms with van der Waals surface area (Å²) in [6.45, 7) is 4.38. The fourth-order valence-electron chi connectivity index (χ4n) is 1.56. The Morgan fingerprint density at radius 1 is 1.21 bits per heavy atom. The zero-order chi connectivity index (χ0) is 14.3. The van der Waals surface area contributed by atoms with Gasteiger partial charge in [0, 0.05) is 19.5 Å². The van der Waals surface area contributed by atoms with Crippen molar-refractivity contribution in [2.75, 3.05) is 13.1 Å². The molecule has 104 valence electrons. The third kappa shape index (κ3) is 4.69. The zero-order valence-corrected chi connectivity index (χ0v) is 11.3. The first kappa shape index (κ1) is 15.1. The Balaban J connectivity index is 2.43. The van der Waals surface area contributed by atoms with Crippen molar-refractivity contribution in [1.82, 2.24) is 10.6 Å². The van der Waals surface area contributed by atoms with Gasteiger partial charge in [-0.05, 0) is 25.0 Å². The Labute approximate surface area is 112 Å². The van der Waals surface area contributed by atoms with Crippen LogP contribution in [0.5, 0.6) is 0 Å². The number of rotatable bonds is 6. The van der Waals surface area contributed by atoms with Gasteiger partial charge in [-0.1, -0.05) is 19.1 Å². The molecule has 1 rings (SSSR count). The predicted octanol–water partition coefficient (Wildman–Crippen LogP) is 1.78. The molecule has 2 N–H and O–H groups in total. The third-order valence-corrected chi connectivity index (χ3v) is 2.65. The van der Waals surface area contributed by atoms with E-state index in [-0.39, 0.29) is 24.4 Å². The van der Waals surface area contributed by atoms with Crippen LogP contribution in [-0.2, 0) is 4.79 Å². The molecular formula is C14H19FN2O2. The van der Waals surface area contributed by atoms with Crippen LogP contribution in [0.4, 0.5) is 4.39 Å². The highest BCUT2D eigenvalue weighted by Crippen LogP contribution is 2.11. The molecular weight excluding hydrogens is 247 g/mol. The Hall–Kier alpha value is -1.91. The molecule has 0 heterocycles. The Bertz CT molecular complexity index is 461. The highest BCUT2D eigenvalue weighted by Gasteiger charge is 2.12. The Kier molecular flexibility index (Phi) is 5.99. The molecule has 0 aromatic heterocycles. The summed E-state index contributed by atoms with van der Waals surface area (Å²) in [6, 6.07) is 4.65. The maximum atomic E-state index is 13.7. The van der Waals surface area contributed by atoms with E-state index in [1.165, 1.54) is 6.07 Å². The van der Waals surface area contributed by atoms with E-state index in [0.29, 0.717) is 12.1 Å². The summed E-state index contributed by atoms with van der Waals surface area (Å²) in [7, 11) is 0. The normalized spacial score (nSPS) is 10.1. The van der Waals surface area contributed by atoms with Crippen molar-refractivity contribution in [1.29, 1.82) is 0 Å². The lowest BCUT2D eigenvalue weighted by Gasteiger charge is -2.07. The van der Waals surface area contributed by atoms with Gasteiger partial charge in [0.25, 0.3) is 5.91 Å². The number of hydrogen-bond acceptors (Lipinski definition) is 2. The van der Waals surface area contributed by atoms with Crippen LogP contribution in [0.25, 0.3) is 0 Å². The van der Waals surface area contributed by atoms with Gasteiger partial charge in [-0.2, -0.15) is 0 Å². The standard InChI is InChI=1S/C14H19FN2O2/c1-3-8-16-12(18)7-9-17-14(19)11-6-4-5-10(2)13(11)15/h4-6H,3,7-9H2,1-2H3,(H,16,18)(H,17,19). The number of carbonyl (C=O) groups is 2. The van der Waals surface area contributed by atoms with Crippen LogP contribution in [0, 0.1) is 12.7 Å². The van der Waals surface area contributed by atoms with Gasteiger partial charge >= 0.3 is 0 Å². The van der Waals surface area contributed by atoms with Crippen LogP contribution < -0.4 is 10.6 Å². The molecule has 0 radical (unpaired) electrons. The summed E-state index contributed by atoms with van der Waals surface area (Å²) in [5.74, 6) is -1.13. The summed E-state index contributed by atoms with van der Waals surface area (Å²) in [6.07, 6.45) is 1.06. The van der Waals surface area contributed by atoms with E-state index in [9.17, 15) is 14.0 Å². The number of carbonyl (C=O) groups excluding carboxylic acids is 2. The van der Waals surface area contributed by atoms with Crippen molar-refractivity contribution in [2.24, 2.45) is 0 Å². The van der Waals surface area contributed by atoms with Gasteiger partial charge in [-0.15, -0.1) is 0 Å². The molecule has 0 saturated heterocycles. The average molecular weight is 266 g/mol. The van der Waals surface area contributed by atoms with Gasteiger partial charge in [0.1, 0.15) is 5.82 Å². The van der Waals surface area contributed by atoms with Gasteiger partial charge in [0.15, 0.2) is 0 Å². The van der Waals surface area contributed by atoms with Crippen LogP contribution in [-0.4, -0.2) is 24.9 Å². The summed E-state index contributed by atoms with van der Waals surface area (Å²) < 4.78 is 13.7. The zero-order valence-electron chi connectivity index (χ0n) is 11.3. The monoisotopic (exact) mass is 266 g/mol. The molecule has 0 saturated carbocycles. The molecule has 0 bridgehead atoms. The van der Waals surface area contributed by atoms with Crippen molar-refractivity contribution < 1.29 is 14.0 Å². The van der Waals surface area contributed by atoms with Gasteiger partial charge in [-0.25, -0.2) is 4.39 Å². The van der Waals surface area contributed by atoms with Crippen LogP contribution in [0.1, 0.15) is 35.7 Å². The fraction of sp³-hybridized carbons (Fsp3) is 0.429. The first-order valence-electron chi connectivity index (χ1n) is 6.36. The molecule has 0 aliphatic carbocycles. The van der Waals surface area contributed by atoms with E-state index in [1.54, 1.807) is 19.1 Å². The summed E-state index contributed by atoms with van der Waals surface area (Å²) in [4.78, 5) is 23.0. The van der Waals surface area contributed by atoms with Crippen LogP contribution in [0.2, 0.25) is 0 Å².